The quantitative estimate of drug-likeness (QED) is 0.572. The van der Waals surface area contributed by atoms with Gasteiger partial charge in [0.25, 0.3) is 11.6 Å². The van der Waals surface area contributed by atoms with Gasteiger partial charge in [0.15, 0.2) is 0 Å². The first-order chi connectivity index (χ1) is 12.2. The highest BCUT2D eigenvalue weighted by molar-refractivity contribution is 5.98. The first-order valence-electron chi connectivity index (χ1n) is 7.67. The molecule has 1 heterocycles. The second-order valence-electron chi connectivity index (χ2n) is 5.35. The number of benzene rings is 2. The monoisotopic (exact) mass is 333 g/mol. The maximum absolute atomic E-state index is 12.7. The fourth-order valence-corrected chi connectivity index (χ4v) is 2.55. The normalized spacial score (nSPS) is 11.5. The van der Waals surface area contributed by atoms with E-state index in [2.05, 4.69) is 10.3 Å². The third kappa shape index (κ3) is 3.69. The highest BCUT2D eigenvalue weighted by atomic mass is 16.6. The van der Waals surface area contributed by atoms with Crippen molar-refractivity contribution in [3.8, 4) is 0 Å². The van der Waals surface area contributed by atoms with E-state index in [4.69, 9.17) is 0 Å². The van der Waals surface area contributed by atoms with Crippen molar-refractivity contribution in [3.05, 3.63) is 106 Å². The van der Waals surface area contributed by atoms with Gasteiger partial charge in [0.05, 0.1) is 16.7 Å². The Morgan fingerprint density at radius 1 is 0.960 bits per heavy atom. The number of nitrogens with zero attached hydrogens (tertiary/aromatic N) is 2. The minimum absolute atomic E-state index is 0.0179. The molecule has 1 atom stereocenters. The van der Waals surface area contributed by atoms with Crippen LogP contribution < -0.4 is 5.32 Å². The van der Waals surface area contributed by atoms with Gasteiger partial charge < -0.3 is 5.32 Å². The van der Waals surface area contributed by atoms with Crippen LogP contribution in [0.1, 0.15) is 27.7 Å². The van der Waals surface area contributed by atoms with Crippen molar-refractivity contribution in [2.24, 2.45) is 0 Å². The number of nitrogens with one attached hydrogen (secondary N) is 1. The molecule has 0 aliphatic heterocycles. The van der Waals surface area contributed by atoms with Crippen LogP contribution in [-0.2, 0) is 0 Å². The number of para-hydroxylation sites is 1. The molecule has 2 aromatic carbocycles. The predicted octanol–water partition coefficient (Wildman–Crippen LogP) is 3.51. The van der Waals surface area contributed by atoms with Crippen LogP contribution in [0.5, 0.6) is 0 Å². The smallest absolute Gasteiger partial charge is 0.282 e. The zero-order chi connectivity index (χ0) is 17.6. The topological polar surface area (TPSA) is 85.1 Å². The number of hydrogen-bond donors (Lipinski definition) is 1. The zero-order valence-corrected chi connectivity index (χ0v) is 13.2. The number of hydrogen-bond acceptors (Lipinski definition) is 4. The summed E-state index contributed by atoms with van der Waals surface area (Å²) < 4.78 is 0. The second-order valence-corrected chi connectivity index (χ2v) is 5.35. The SMILES string of the molecule is O=C(NC(c1ccccc1)c1ccccn1)c1ccccc1[N+](=O)[O-]. The summed E-state index contributed by atoms with van der Waals surface area (Å²) in [5.41, 5.74) is 1.28. The van der Waals surface area contributed by atoms with Gasteiger partial charge in [-0.25, -0.2) is 0 Å². The molecule has 3 rings (SSSR count). The molecular weight excluding hydrogens is 318 g/mol. The third-order valence-electron chi connectivity index (χ3n) is 3.74. The lowest BCUT2D eigenvalue weighted by molar-refractivity contribution is -0.385. The molecule has 25 heavy (non-hydrogen) atoms. The van der Waals surface area contributed by atoms with E-state index in [9.17, 15) is 14.9 Å². The molecule has 0 spiro atoms. The van der Waals surface area contributed by atoms with E-state index in [0.717, 1.165) is 5.56 Å². The molecule has 6 nitrogen and oxygen atoms in total. The van der Waals surface area contributed by atoms with Crippen molar-refractivity contribution in [1.82, 2.24) is 10.3 Å². The molecule has 124 valence electrons. The summed E-state index contributed by atoms with van der Waals surface area (Å²) >= 11 is 0. The Labute approximate surface area is 144 Å². The Hall–Kier alpha value is -3.54. The fourth-order valence-electron chi connectivity index (χ4n) is 2.55. The zero-order valence-electron chi connectivity index (χ0n) is 13.2. The van der Waals surface area contributed by atoms with Crippen LogP contribution >= 0.6 is 0 Å². The molecule has 1 N–H and O–H groups in total. The van der Waals surface area contributed by atoms with Crippen LogP contribution in [0.4, 0.5) is 5.69 Å². The Bertz CT molecular complexity index is 843. The lowest BCUT2D eigenvalue weighted by Crippen LogP contribution is -2.30. The number of carbonyl (C=O) groups excluding carboxylic acids is 1. The predicted molar refractivity (Wildman–Crippen MR) is 93.1 cm³/mol. The lowest BCUT2D eigenvalue weighted by atomic mass is 10.0. The number of carbonyl (C=O) groups is 1. The molecule has 1 aromatic heterocycles. The molecule has 0 saturated carbocycles. The minimum Gasteiger partial charge on any atom is -0.339 e. The lowest BCUT2D eigenvalue weighted by Gasteiger charge is -2.19. The molecule has 0 fully saturated rings. The van der Waals surface area contributed by atoms with Crippen LogP contribution in [0, 0.1) is 10.1 Å². The molecule has 0 bridgehead atoms. The van der Waals surface area contributed by atoms with Crippen LogP contribution in [0.25, 0.3) is 0 Å². The van der Waals surface area contributed by atoms with Crippen molar-refractivity contribution in [3.63, 3.8) is 0 Å². The van der Waals surface area contributed by atoms with Crippen molar-refractivity contribution in [1.29, 1.82) is 0 Å². The molecular formula is C19H15N3O3. The van der Waals surface area contributed by atoms with E-state index in [1.54, 1.807) is 24.4 Å². The van der Waals surface area contributed by atoms with Crippen molar-refractivity contribution < 1.29 is 9.72 Å². The maximum atomic E-state index is 12.7. The van der Waals surface area contributed by atoms with Crippen molar-refractivity contribution in [2.75, 3.05) is 0 Å². The van der Waals surface area contributed by atoms with Gasteiger partial charge in [0, 0.05) is 12.3 Å². The number of rotatable bonds is 5. The molecule has 1 amide bonds. The average Bonchev–Trinajstić information content (AvgIpc) is 2.67. The highest BCUT2D eigenvalue weighted by Crippen LogP contribution is 2.23. The summed E-state index contributed by atoms with van der Waals surface area (Å²) in [5, 5.41) is 14.0. The van der Waals surface area contributed by atoms with Gasteiger partial charge in [-0.15, -0.1) is 0 Å². The summed E-state index contributed by atoms with van der Waals surface area (Å²) in [6.45, 7) is 0. The van der Waals surface area contributed by atoms with E-state index >= 15 is 0 Å². The maximum Gasteiger partial charge on any atom is 0.282 e. The van der Waals surface area contributed by atoms with Gasteiger partial charge in [-0.1, -0.05) is 48.5 Å². The molecule has 1 unspecified atom stereocenters. The standard InChI is InChI=1S/C19H15N3O3/c23-19(15-10-4-5-12-17(15)22(24)25)21-18(14-8-2-1-3-9-14)16-11-6-7-13-20-16/h1-13,18H,(H,21,23). The van der Waals surface area contributed by atoms with Crippen molar-refractivity contribution >= 4 is 11.6 Å². The summed E-state index contributed by atoms with van der Waals surface area (Å²) in [4.78, 5) is 27.6. The van der Waals surface area contributed by atoms with E-state index in [-0.39, 0.29) is 11.3 Å². The summed E-state index contributed by atoms with van der Waals surface area (Å²) in [6.07, 6.45) is 1.64. The Kier molecular flexibility index (Phi) is 4.80. The van der Waals surface area contributed by atoms with Crippen LogP contribution in [-0.4, -0.2) is 15.8 Å². The Morgan fingerprint density at radius 3 is 2.32 bits per heavy atom. The van der Waals surface area contributed by atoms with E-state index < -0.39 is 16.9 Å². The van der Waals surface area contributed by atoms with Gasteiger partial charge in [-0.2, -0.15) is 0 Å². The van der Waals surface area contributed by atoms with Gasteiger partial charge in [0.2, 0.25) is 0 Å². The number of aromatic nitrogens is 1. The third-order valence-corrected chi connectivity index (χ3v) is 3.74. The van der Waals surface area contributed by atoms with E-state index in [1.165, 1.54) is 18.2 Å². The molecule has 0 aliphatic rings. The van der Waals surface area contributed by atoms with Gasteiger partial charge in [-0.3, -0.25) is 19.9 Å². The molecule has 0 saturated heterocycles. The van der Waals surface area contributed by atoms with Crippen LogP contribution in [0.2, 0.25) is 0 Å². The van der Waals surface area contributed by atoms with Crippen molar-refractivity contribution in [2.45, 2.75) is 6.04 Å². The summed E-state index contributed by atoms with van der Waals surface area (Å²) in [6, 6.07) is 20.1. The average molecular weight is 333 g/mol. The first kappa shape index (κ1) is 16.3. The highest BCUT2D eigenvalue weighted by Gasteiger charge is 2.23. The number of amides is 1. The van der Waals surface area contributed by atoms with Gasteiger partial charge in [-0.05, 0) is 23.8 Å². The van der Waals surface area contributed by atoms with Gasteiger partial charge in [0.1, 0.15) is 5.56 Å². The second kappa shape index (κ2) is 7.35. The Balaban J connectivity index is 1.97. The number of nitro groups is 1. The van der Waals surface area contributed by atoms with E-state index in [0.29, 0.717) is 5.69 Å². The van der Waals surface area contributed by atoms with E-state index in [1.807, 2.05) is 36.4 Å². The summed E-state index contributed by atoms with van der Waals surface area (Å²) in [7, 11) is 0. The summed E-state index contributed by atoms with van der Waals surface area (Å²) in [5.74, 6) is -0.521. The molecule has 3 aromatic rings. The molecule has 6 heteroatoms. The molecule has 0 radical (unpaired) electrons. The number of pyridine rings is 1. The largest absolute Gasteiger partial charge is 0.339 e. The minimum atomic E-state index is -0.562. The van der Waals surface area contributed by atoms with Gasteiger partial charge >= 0.3 is 0 Å². The van der Waals surface area contributed by atoms with Crippen LogP contribution in [0.15, 0.2) is 79.0 Å². The Morgan fingerprint density at radius 2 is 1.64 bits per heavy atom. The first-order valence-corrected chi connectivity index (χ1v) is 7.67. The molecule has 0 aliphatic carbocycles. The fraction of sp³-hybridized carbons (Fsp3) is 0.0526. The van der Waals surface area contributed by atoms with Crippen LogP contribution in [0.3, 0.4) is 0 Å². The number of nitro benzene ring substituents is 1.